The molecule has 0 heterocycles. The Morgan fingerprint density at radius 3 is 2.53 bits per heavy atom. The molecule has 1 unspecified atom stereocenters. The highest BCUT2D eigenvalue weighted by Crippen LogP contribution is 2.38. The molecule has 0 aromatic carbocycles. The van der Waals surface area contributed by atoms with Crippen LogP contribution in [0.5, 0.6) is 0 Å². The first kappa shape index (κ1) is 14.7. The van der Waals surface area contributed by atoms with Crippen LogP contribution in [0.25, 0.3) is 0 Å². The molecule has 2 aliphatic carbocycles. The topological polar surface area (TPSA) is 58.4 Å². The first-order chi connectivity index (χ1) is 8.97. The summed E-state index contributed by atoms with van der Waals surface area (Å²) in [5, 5.41) is 3.06. The first-order valence-corrected chi connectivity index (χ1v) is 7.68. The van der Waals surface area contributed by atoms with E-state index in [0.717, 1.165) is 25.7 Å². The van der Waals surface area contributed by atoms with Gasteiger partial charge in [-0.2, -0.15) is 0 Å². The van der Waals surface area contributed by atoms with Crippen LogP contribution < -0.4 is 11.1 Å². The highest BCUT2D eigenvalue weighted by Gasteiger charge is 2.44. The number of carbonyl (C=O) groups excluding carboxylic acids is 1. The highest BCUT2D eigenvalue weighted by molar-refractivity contribution is 7.80. The van der Waals surface area contributed by atoms with Gasteiger partial charge >= 0.3 is 0 Å². The van der Waals surface area contributed by atoms with Crippen molar-refractivity contribution in [2.45, 2.75) is 57.5 Å². The molecule has 2 rings (SSSR count). The van der Waals surface area contributed by atoms with Crippen LogP contribution in [0.2, 0.25) is 0 Å². The zero-order valence-electron chi connectivity index (χ0n) is 11.9. The molecule has 1 atom stereocenters. The summed E-state index contributed by atoms with van der Waals surface area (Å²) in [6, 6.07) is 1.07. The number of hydrogen-bond donors (Lipinski definition) is 2. The predicted molar refractivity (Wildman–Crippen MR) is 80.9 cm³/mol. The second-order valence-corrected chi connectivity index (χ2v) is 6.55. The molecule has 5 heteroatoms. The molecular formula is C14H25N3OS. The number of hydrogen-bond acceptors (Lipinski definition) is 3. The van der Waals surface area contributed by atoms with Crippen LogP contribution >= 0.6 is 12.2 Å². The summed E-state index contributed by atoms with van der Waals surface area (Å²) in [6.07, 6.45) is 6.27. The maximum Gasteiger partial charge on any atom is 0.233 e. The Balaban J connectivity index is 1.87. The van der Waals surface area contributed by atoms with Gasteiger partial charge in [0.25, 0.3) is 0 Å². The van der Waals surface area contributed by atoms with E-state index < -0.39 is 5.41 Å². The van der Waals surface area contributed by atoms with Crippen molar-refractivity contribution in [3.63, 3.8) is 0 Å². The van der Waals surface area contributed by atoms with E-state index >= 15 is 0 Å². The van der Waals surface area contributed by atoms with Gasteiger partial charge in [-0.1, -0.05) is 25.1 Å². The summed E-state index contributed by atoms with van der Waals surface area (Å²) in [6.45, 7) is 2.83. The second kappa shape index (κ2) is 5.75. The standard InChI is InChI=1S/C14H25N3OS/c1-10(17(2)11-5-6-11)9-16-13(18)14(12(15)19)7-3-4-8-14/h10-11H,3-9H2,1-2H3,(H2,15,19)(H,16,18). The van der Waals surface area contributed by atoms with Crippen LogP contribution in [-0.2, 0) is 4.79 Å². The molecule has 0 bridgehead atoms. The zero-order valence-corrected chi connectivity index (χ0v) is 12.8. The Morgan fingerprint density at radius 2 is 2.05 bits per heavy atom. The van der Waals surface area contributed by atoms with Crippen molar-refractivity contribution < 1.29 is 4.79 Å². The number of nitrogens with zero attached hydrogens (tertiary/aromatic N) is 1. The van der Waals surface area contributed by atoms with Crippen LogP contribution in [0.3, 0.4) is 0 Å². The van der Waals surface area contributed by atoms with Gasteiger partial charge in [0.1, 0.15) is 0 Å². The van der Waals surface area contributed by atoms with Crippen molar-refractivity contribution in [2.75, 3.05) is 13.6 Å². The van der Waals surface area contributed by atoms with Gasteiger partial charge in [0.05, 0.1) is 10.4 Å². The fourth-order valence-electron chi connectivity index (χ4n) is 2.96. The van der Waals surface area contributed by atoms with Gasteiger partial charge in [-0.15, -0.1) is 0 Å². The maximum absolute atomic E-state index is 12.4. The lowest BCUT2D eigenvalue weighted by molar-refractivity contribution is -0.127. The third-order valence-electron chi connectivity index (χ3n) is 4.74. The molecule has 0 aromatic heterocycles. The molecule has 108 valence electrons. The van der Waals surface area contributed by atoms with Crippen molar-refractivity contribution >= 4 is 23.1 Å². The Hall–Kier alpha value is -0.680. The monoisotopic (exact) mass is 283 g/mol. The highest BCUT2D eigenvalue weighted by atomic mass is 32.1. The summed E-state index contributed by atoms with van der Waals surface area (Å²) < 4.78 is 0. The number of thiocarbonyl (C=S) groups is 1. The van der Waals surface area contributed by atoms with E-state index in [0.29, 0.717) is 23.6 Å². The van der Waals surface area contributed by atoms with Crippen LogP contribution in [-0.4, -0.2) is 41.5 Å². The molecule has 19 heavy (non-hydrogen) atoms. The van der Waals surface area contributed by atoms with Crippen LogP contribution in [0.15, 0.2) is 0 Å². The Bertz CT molecular complexity index is 362. The van der Waals surface area contributed by atoms with Gasteiger partial charge in [-0.05, 0) is 39.7 Å². The van der Waals surface area contributed by atoms with Crippen molar-refractivity contribution in [2.24, 2.45) is 11.1 Å². The summed E-state index contributed by atoms with van der Waals surface area (Å²) in [5.41, 5.74) is 5.24. The molecule has 3 N–H and O–H groups in total. The molecule has 2 fully saturated rings. The summed E-state index contributed by atoms with van der Waals surface area (Å²) >= 11 is 5.13. The minimum atomic E-state index is -0.576. The Labute approximate surface area is 121 Å². The molecular weight excluding hydrogens is 258 g/mol. The molecule has 0 radical (unpaired) electrons. The lowest BCUT2D eigenvalue weighted by Gasteiger charge is -2.29. The summed E-state index contributed by atoms with van der Waals surface area (Å²) in [5.74, 6) is 0.0357. The third kappa shape index (κ3) is 3.08. The van der Waals surface area contributed by atoms with Gasteiger partial charge in [0.2, 0.25) is 5.91 Å². The molecule has 4 nitrogen and oxygen atoms in total. The second-order valence-electron chi connectivity index (χ2n) is 6.11. The molecule has 2 saturated carbocycles. The van der Waals surface area contributed by atoms with Crippen molar-refractivity contribution in [3.05, 3.63) is 0 Å². The van der Waals surface area contributed by atoms with Crippen molar-refractivity contribution in [1.29, 1.82) is 0 Å². The lowest BCUT2D eigenvalue weighted by Crippen LogP contribution is -2.50. The largest absolute Gasteiger partial charge is 0.392 e. The van der Waals surface area contributed by atoms with Crippen molar-refractivity contribution in [3.8, 4) is 0 Å². The average Bonchev–Trinajstić information content (AvgIpc) is 3.10. The molecule has 0 saturated heterocycles. The Morgan fingerprint density at radius 1 is 1.47 bits per heavy atom. The lowest BCUT2D eigenvalue weighted by atomic mass is 9.85. The quantitative estimate of drug-likeness (QED) is 0.724. The van der Waals surface area contributed by atoms with Crippen LogP contribution in [0, 0.1) is 5.41 Å². The van der Waals surface area contributed by atoms with E-state index in [-0.39, 0.29) is 5.91 Å². The number of likely N-dealkylation sites (N-methyl/N-ethyl adjacent to an activating group) is 1. The van der Waals surface area contributed by atoms with Crippen molar-refractivity contribution in [1.82, 2.24) is 10.2 Å². The van der Waals surface area contributed by atoms with E-state index in [1.54, 1.807) is 0 Å². The normalized spacial score (nSPS) is 23.3. The van der Waals surface area contributed by atoms with Gasteiger partial charge < -0.3 is 11.1 Å². The number of rotatable bonds is 6. The molecule has 0 spiro atoms. The fraction of sp³-hybridized carbons (Fsp3) is 0.857. The van der Waals surface area contributed by atoms with Crippen LogP contribution in [0.4, 0.5) is 0 Å². The number of nitrogens with one attached hydrogen (secondary N) is 1. The van der Waals surface area contributed by atoms with Gasteiger partial charge in [0.15, 0.2) is 0 Å². The average molecular weight is 283 g/mol. The maximum atomic E-state index is 12.4. The van der Waals surface area contributed by atoms with E-state index in [2.05, 4.69) is 24.2 Å². The summed E-state index contributed by atoms with van der Waals surface area (Å²) in [7, 11) is 2.13. The van der Waals surface area contributed by atoms with E-state index in [1.165, 1.54) is 12.8 Å². The minimum Gasteiger partial charge on any atom is -0.392 e. The van der Waals surface area contributed by atoms with E-state index in [4.69, 9.17) is 18.0 Å². The Kier molecular flexibility index (Phi) is 4.46. The fourth-order valence-corrected chi connectivity index (χ4v) is 3.26. The smallest absolute Gasteiger partial charge is 0.233 e. The summed E-state index contributed by atoms with van der Waals surface area (Å²) in [4.78, 5) is 15.1. The molecule has 0 aromatic rings. The number of nitrogens with two attached hydrogens (primary N) is 1. The molecule has 0 aliphatic heterocycles. The SMILES string of the molecule is CC(CNC(=O)C1(C(N)=S)CCCC1)N(C)C1CC1. The van der Waals surface area contributed by atoms with Gasteiger partial charge in [-0.3, -0.25) is 9.69 Å². The third-order valence-corrected chi connectivity index (χ3v) is 5.13. The number of amides is 1. The predicted octanol–water partition coefficient (Wildman–Crippen LogP) is 1.43. The molecule has 2 aliphatic rings. The zero-order chi connectivity index (χ0) is 14.0. The number of carbonyl (C=O) groups is 1. The van der Waals surface area contributed by atoms with Gasteiger partial charge in [0, 0.05) is 18.6 Å². The molecule has 1 amide bonds. The van der Waals surface area contributed by atoms with Crippen LogP contribution in [0.1, 0.15) is 45.4 Å². The van der Waals surface area contributed by atoms with E-state index in [1.807, 2.05) is 0 Å². The minimum absolute atomic E-state index is 0.0357. The first-order valence-electron chi connectivity index (χ1n) is 7.27. The van der Waals surface area contributed by atoms with E-state index in [9.17, 15) is 4.79 Å². The van der Waals surface area contributed by atoms with Gasteiger partial charge in [-0.25, -0.2) is 0 Å².